The number of amidine groups is 1. The zero-order valence-electron chi connectivity index (χ0n) is 29.4. The number of amides is 3. The van der Waals surface area contributed by atoms with Gasteiger partial charge in [-0.3, -0.25) is 19.6 Å². The number of aliphatic hydroxyl groups is 1. The number of ether oxygens (including phenoxy) is 2. The monoisotopic (exact) mass is 773 g/mol. The number of aliphatic hydroxyl groups excluding tert-OH is 1. The third-order valence-electron chi connectivity index (χ3n) is 9.51. The second-order valence-electron chi connectivity index (χ2n) is 12.9. The van der Waals surface area contributed by atoms with E-state index in [1.54, 1.807) is 54.5 Å². The molecule has 0 spiro atoms. The number of benzene rings is 3. The standard InChI is InChI=1S/C38H37ClFN7O6S/c1-44(16-17-48)36(49)23-3-8-27(9-4-23)53-28-10-6-25(7-11-28)47-21-26-20-45(14-15-46(26)38(47)51)22-31-32(37(50)52-2)33(29-12-5-24(40)19-30(29)39)43-34(42-31)35-41-13-18-54-35/h3-13,18-19,26,33,48H,14-17,20-22H2,1-2H3,(H,42,43)/t26-,33?/m0/s1. The van der Waals surface area contributed by atoms with Gasteiger partial charge in [0.2, 0.25) is 0 Å². The first kappa shape index (κ1) is 37.0. The van der Waals surface area contributed by atoms with E-state index in [1.807, 2.05) is 22.4 Å². The van der Waals surface area contributed by atoms with Gasteiger partial charge in [-0.2, -0.15) is 0 Å². The van der Waals surface area contributed by atoms with Crippen LogP contribution in [0.2, 0.25) is 5.02 Å². The number of carbonyl (C=O) groups excluding carboxylic acids is 3. The molecule has 3 aliphatic heterocycles. The molecule has 4 heterocycles. The minimum Gasteiger partial charge on any atom is -0.466 e. The summed E-state index contributed by atoms with van der Waals surface area (Å²) in [6.07, 6.45) is 1.66. The number of fused-ring (bicyclic) bond motifs is 1. The number of esters is 1. The van der Waals surface area contributed by atoms with Crippen LogP contribution in [0.15, 0.2) is 94.6 Å². The molecule has 7 rings (SSSR count). The van der Waals surface area contributed by atoms with Crippen LogP contribution in [0.25, 0.3) is 0 Å². The summed E-state index contributed by atoms with van der Waals surface area (Å²) in [4.78, 5) is 55.9. The normalized spacial score (nSPS) is 18.6. The Kier molecular flexibility index (Phi) is 10.9. The lowest BCUT2D eigenvalue weighted by Gasteiger charge is -2.38. The van der Waals surface area contributed by atoms with E-state index >= 15 is 0 Å². The molecule has 280 valence electrons. The molecule has 0 radical (unpaired) electrons. The molecular weight excluding hydrogens is 737 g/mol. The van der Waals surface area contributed by atoms with E-state index in [0.29, 0.717) is 71.9 Å². The molecular formula is C38H37ClFN7O6S. The van der Waals surface area contributed by atoms with Crippen LogP contribution in [0.4, 0.5) is 14.9 Å². The Morgan fingerprint density at radius 1 is 1.07 bits per heavy atom. The Morgan fingerprint density at radius 3 is 2.48 bits per heavy atom. The average Bonchev–Trinajstić information content (AvgIpc) is 3.83. The zero-order chi connectivity index (χ0) is 37.9. The molecule has 0 bridgehead atoms. The fourth-order valence-electron chi connectivity index (χ4n) is 6.79. The highest BCUT2D eigenvalue weighted by Crippen LogP contribution is 2.37. The van der Waals surface area contributed by atoms with E-state index < -0.39 is 17.8 Å². The van der Waals surface area contributed by atoms with Gasteiger partial charge in [0.05, 0.1) is 25.3 Å². The quantitative estimate of drug-likeness (QED) is 0.203. The lowest BCUT2D eigenvalue weighted by Crippen LogP contribution is -2.53. The number of methoxy groups -OCH3 is 1. The number of likely N-dealkylation sites (N-methyl/N-ethyl adjacent to an activating group) is 1. The van der Waals surface area contributed by atoms with Crippen LogP contribution >= 0.6 is 22.9 Å². The van der Waals surface area contributed by atoms with Crippen LogP contribution in [-0.2, 0) is 9.53 Å². The second kappa shape index (κ2) is 15.9. The van der Waals surface area contributed by atoms with Crippen molar-refractivity contribution in [1.82, 2.24) is 25.0 Å². The Labute approximate surface area is 319 Å². The molecule has 3 aliphatic rings. The number of aliphatic imine (C=N–C) groups is 1. The van der Waals surface area contributed by atoms with Gasteiger partial charge in [-0.15, -0.1) is 11.3 Å². The SMILES string of the molecule is COC(=O)C1=C(CN2CCN3C(=O)N(c4ccc(Oc5ccc(C(=O)N(C)CCO)cc5)cc4)C[C@@H]3C2)NC(c2nccs2)=NC1c1ccc(F)cc1Cl. The van der Waals surface area contributed by atoms with Gasteiger partial charge in [-0.1, -0.05) is 17.7 Å². The highest BCUT2D eigenvalue weighted by Gasteiger charge is 2.42. The van der Waals surface area contributed by atoms with Crippen molar-refractivity contribution in [1.29, 1.82) is 0 Å². The summed E-state index contributed by atoms with van der Waals surface area (Å²) in [5, 5.41) is 15.0. The van der Waals surface area contributed by atoms with Crippen LogP contribution in [0.5, 0.6) is 11.5 Å². The predicted octanol–water partition coefficient (Wildman–Crippen LogP) is 4.94. The topological polar surface area (TPSA) is 140 Å². The summed E-state index contributed by atoms with van der Waals surface area (Å²) in [7, 11) is 2.93. The number of urea groups is 1. The minimum absolute atomic E-state index is 0.0887. The van der Waals surface area contributed by atoms with Gasteiger partial charge in [-0.05, 0) is 60.7 Å². The van der Waals surface area contributed by atoms with Crippen LogP contribution in [0.1, 0.15) is 27.0 Å². The first-order valence-electron chi connectivity index (χ1n) is 17.2. The van der Waals surface area contributed by atoms with E-state index in [-0.39, 0.29) is 41.7 Å². The third kappa shape index (κ3) is 7.66. The van der Waals surface area contributed by atoms with Gasteiger partial charge < -0.3 is 29.7 Å². The van der Waals surface area contributed by atoms with E-state index in [0.717, 1.165) is 5.69 Å². The van der Waals surface area contributed by atoms with Gasteiger partial charge in [0.15, 0.2) is 10.8 Å². The molecule has 1 unspecified atom stereocenters. The number of thiazole rings is 1. The van der Waals surface area contributed by atoms with Gasteiger partial charge >= 0.3 is 12.0 Å². The lowest BCUT2D eigenvalue weighted by atomic mass is 9.95. The van der Waals surface area contributed by atoms with Crippen LogP contribution in [0, 0.1) is 5.82 Å². The van der Waals surface area contributed by atoms with E-state index in [1.165, 1.54) is 41.5 Å². The summed E-state index contributed by atoms with van der Waals surface area (Å²) >= 11 is 7.89. The Bertz CT molecular complexity index is 2100. The molecule has 2 saturated heterocycles. The maximum absolute atomic E-state index is 14.1. The molecule has 0 saturated carbocycles. The number of piperazine rings is 1. The average molecular weight is 774 g/mol. The van der Waals surface area contributed by atoms with E-state index in [9.17, 15) is 18.8 Å². The van der Waals surface area contributed by atoms with Gasteiger partial charge in [0.25, 0.3) is 5.91 Å². The molecule has 1 aromatic heterocycles. The number of aromatic nitrogens is 1. The molecule has 3 aromatic carbocycles. The number of carbonyl (C=O) groups is 3. The Balaban J connectivity index is 1.05. The highest BCUT2D eigenvalue weighted by molar-refractivity contribution is 7.11. The van der Waals surface area contributed by atoms with Crippen molar-refractivity contribution in [2.45, 2.75) is 12.1 Å². The summed E-state index contributed by atoms with van der Waals surface area (Å²) < 4.78 is 25.3. The maximum atomic E-state index is 14.1. The largest absolute Gasteiger partial charge is 0.466 e. The fraction of sp³-hybridized carbons (Fsp3) is 0.289. The molecule has 2 atom stereocenters. The third-order valence-corrected chi connectivity index (χ3v) is 10.6. The van der Waals surface area contributed by atoms with Gasteiger partial charge in [0.1, 0.15) is 23.4 Å². The number of hydrogen-bond acceptors (Lipinski definition) is 11. The fourth-order valence-corrected chi connectivity index (χ4v) is 7.65. The number of anilines is 1. The zero-order valence-corrected chi connectivity index (χ0v) is 31.0. The first-order valence-corrected chi connectivity index (χ1v) is 18.4. The van der Waals surface area contributed by atoms with Crippen LogP contribution in [-0.4, -0.2) is 115 Å². The number of nitrogens with one attached hydrogen (secondary N) is 1. The summed E-state index contributed by atoms with van der Waals surface area (Å²) in [5.41, 5.74) is 2.50. The summed E-state index contributed by atoms with van der Waals surface area (Å²) in [6.45, 7) is 2.50. The second-order valence-corrected chi connectivity index (χ2v) is 14.2. The molecule has 13 nitrogen and oxygen atoms in total. The number of nitrogens with zero attached hydrogens (tertiary/aromatic N) is 6. The van der Waals surface area contributed by atoms with Crippen molar-refractivity contribution in [3.8, 4) is 11.5 Å². The summed E-state index contributed by atoms with van der Waals surface area (Å²) in [6, 6.07) is 17.0. The van der Waals surface area contributed by atoms with E-state index in [2.05, 4.69) is 15.2 Å². The number of hydrogen-bond donors (Lipinski definition) is 2. The van der Waals surface area contributed by atoms with Crippen molar-refractivity contribution in [2.75, 3.05) is 64.9 Å². The van der Waals surface area contributed by atoms with Gasteiger partial charge in [-0.25, -0.2) is 19.0 Å². The lowest BCUT2D eigenvalue weighted by molar-refractivity contribution is -0.136. The Morgan fingerprint density at radius 2 is 1.81 bits per heavy atom. The molecule has 2 fully saturated rings. The molecule has 0 aliphatic carbocycles. The molecule has 16 heteroatoms. The molecule has 3 amide bonds. The van der Waals surface area contributed by atoms with Crippen molar-refractivity contribution in [2.24, 2.45) is 4.99 Å². The summed E-state index contributed by atoms with van der Waals surface area (Å²) in [5.74, 6) is 0.288. The minimum atomic E-state index is -0.870. The van der Waals surface area contributed by atoms with E-state index in [4.69, 9.17) is 31.2 Å². The maximum Gasteiger partial charge on any atom is 0.338 e. The van der Waals surface area contributed by atoms with Gasteiger partial charge in [0, 0.05) is 85.4 Å². The molecule has 2 N–H and O–H groups in total. The Hall–Kier alpha value is -5.35. The van der Waals surface area contributed by atoms with Crippen molar-refractivity contribution in [3.63, 3.8) is 0 Å². The van der Waals surface area contributed by atoms with Crippen molar-refractivity contribution in [3.05, 3.63) is 117 Å². The highest BCUT2D eigenvalue weighted by atomic mass is 35.5. The molecule has 4 aromatic rings. The number of rotatable bonds is 11. The van der Waals surface area contributed by atoms with Crippen LogP contribution < -0.4 is 15.0 Å². The molecule has 54 heavy (non-hydrogen) atoms. The van der Waals surface area contributed by atoms with Crippen molar-refractivity contribution < 1.29 is 33.4 Å². The first-order chi connectivity index (χ1) is 26.1. The van der Waals surface area contributed by atoms with Crippen molar-refractivity contribution >= 4 is 52.4 Å². The van der Waals surface area contributed by atoms with Crippen LogP contribution in [0.3, 0.4) is 0 Å². The smallest absolute Gasteiger partial charge is 0.338 e. The predicted molar refractivity (Wildman–Crippen MR) is 202 cm³/mol. The number of halogens is 2.